The number of aromatic nitrogens is 2. The molecule has 3 aromatic rings. The summed E-state index contributed by atoms with van der Waals surface area (Å²) in [5.41, 5.74) is 0.760. The van der Waals surface area contributed by atoms with Crippen LogP contribution in [0.3, 0.4) is 0 Å². The summed E-state index contributed by atoms with van der Waals surface area (Å²) in [6.07, 6.45) is 1.60. The molecule has 0 bridgehead atoms. The van der Waals surface area contributed by atoms with Crippen molar-refractivity contribution in [1.29, 1.82) is 0 Å². The van der Waals surface area contributed by atoms with E-state index in [4.69, 9.17) is 4.74 Å². The molecule has 7 nitrogen and oxygen atoms in total. The standard InChI is InChI=1S/C21H24N4O3/c1-24(2)19(15-8-6-9-17(11-15)28-3)13-22-20(26)14-25-21(27)18-10-5-4-7-16(18)12-23-25/h4-12,19H,13-14H2,1-3H3,(H,22,26). The average molecular weight is 380 g/mol. The van der Waals surface area contributed by atoms with Gasteiger partial charge < -0.3 is 15.0 Å². The van der Waals surface area contributed by atoms with Crippen LogP contribution in [0.25, 0.3) is 10.8 Å². The van der Waals surface area contributed by atoms with Crippen LogP contribution in [-0.4, -0.2) is 48.3 Å². The Morgan fingerprint density at radius 1 is 1.21 bits per heavy atom. The highest BCUT2D eigenvalue weighted by atomic mass is 16.5. The van der Waals surface area contributed by atoms with Gasteiger partial charge in [0.2, 0.25) is 5.91 Å². The van der Waals surface area contributed by atoms with Crippen molar-refractivity contribution in [2.75, 3.05) is 27.7 Å². The largest absolute Gasteiger partial charge is 0.497 e. The number of amides is 1. The molecule has 146 valence electrons. The molecule has 1 atom stereocenters. The minimum absolute atomic E-state index is 0.0275. The maximum absolute atomic E-state index is 12.5. The van der Waals surface area contributed by atoms with E-state index in [0.717, 1.165) is 16.7 Å². The van der Waals surface area contributed by atoms with E-state index in [0.29, 0.717) is 11.9 Å². The molecule has 1 heterocycles. The minimum atomic E-state index is -0.273. The fourth-order valence-electron chi connectivity index (χ4n) is 3.09. The van der Waals surface area contributed by atoms with E-state index < -0.39 is 0 Å². The molecule has 0 aliphatic heterocycles. The monoisotopic (exact) mass is 380 g/mol. The molecule has 7 heteroatoms. The Morgan fingerprint density at radius 3 is 2.75 bits per heavy atom. The van der Waals surface area contributed by atoms with Gasteiger partial charge in [-0.1, -0.05) is 30.3 Å². The predicted molar refractivity (Wildman–Crippen MR) is 108 cm³/mol. The third-order valence-electron chi connectivity index (χ3n) is 4.65. The van der Waals surface area contributed by atoms with Crippen LogP contribution in [0, 0.1) is 0 Å². The summed E-state index contributed by atoms with van der Waals surface area (Å²) in [4.78, 5) is 27.0. The number of benzene rings is 2. The van der Waals surface area contributed by atoms with Gasteiger partial charge in [0.15, 0.2) is 0 Å². The highest BCUT2D eigenvalue weighted by molar-refractivity contribution is 5.81. The zero-order chi connectivity index (χ0) is 20.1. The quantitative estimate of drug-likeness (QED) is 0.677. The van der Waals surface area contributed by atoms with Crippen molar-refractivity contribution in [1.82, 2.24) is 20.0 Å². The van der Waals surface area contributed by atoms with Gasteiger partial charge in [-0.2, -0.15) is 5.10 Å². The lowest BCUT2D eigenvalue weighted by Gasteiger charge is -2.25. The van der Waals surface area contributed by atoms with Crippen molar-refractivity contribution < 1.29 is 9.53 Å². The molecular formula is C21H24N4O3. The van der Waals surface area contributed by atoms with E-state index in [1.165, 1.54) is 4.68 Å². The van der Waals surface area contributed by atoms with Crippen LogP contribution in [-0.2, 0) is 11.3 Å². The molecule has 28 heavy (non-hydrogen) atoms. The Bertz CT molecular complexity index is 1030. The molecule has 0 saturated heterocycles. The first-order valence-electron chi connectivity index (χ1n) is 9.01. The fourth-order valence-corrected chi connectivity index (χ4v) is 3.09. The smallest absolute Gasteiger partial charge is 0.275 e. The number of nitrogens with zero attached hydrogens (tertiary/aromatic N) is 3. The normalized spacial score (nSPS) is 12.1. The molecular weight excluding hydrogens is 356 g/mol. The molecule has 1 unspecified atom stereocenters. The molecule has 0 radical (unpaired) electrons. The second-order valence-corrected chi connectivity index (χ2v) is 6.75. The first-order chi connectivity index (χ1) is 13.5. The lowest BCUT2D eigenvalue weighted by molar-refractivity contribution is -0.122. The van der Waals surface area contributed by atoms with Crippen LogP contribution >= 0.6 is 0 Å². The lowest BCUT2D eigenvalue weighted by atomic mass is 10.1. The van der Waals surface area contributed by atoms with Gasteiger partial charge in [0.1, 0.15) is 12.3 Å². The highest BCUT2D eigenvalue weighted by Gasteiger charge is 2.16. The fraction of sp³-hybridized carbons (Fsp3) is 0.286. The Labute approximate surface area is 163 Å². The summed E-state index contributed by atoms with van der Waals surface area (Å²) in [5.74, 6) is 0.502. The first-order valence-corrected chi connectivity index (χ1v) is 9.01. The Hall–Kier alpha value is -3.19. The molecule has 0 aliphatic carbocycles. The van der Waals surface area contributed by atoms with Gasteiger partial charge in [-0.3, -0.25) is 9.59 Å². The van der Waals surface area contributed by atoms with Crippen molar-refractivity contribution in [2.45, 2.75) is 12.6 Å². The third-order valence-corrected chi connectivity index (χ3v) is 4.65. The summed E-state index contributed by atoms with van der Waals surface area (Å²) in [6.45, 7) is 0.281. The van der Waals surface area contributed by atoms with Gasteiger partial charge in [0.25, 0.3) is 5.56 Å². The van der Waals surface area contributed by atoms with Crippen LogP contribution in [0.1, 0.15) is 11.6 Å². The van der Waals surface area contributed by atoms with Gasteiger partial charge in [-0.05, 0) is 37.9 Å². The summed E-state index contributed by atoms with van der Waals surface area (Å²) in [6, 6.07) is 14.9. The molecule has 0 fully saturated rings. The van der Waals surface area contributed by atoms with E-state index >= 15 is 0 Å². The molecule has 3 rings (SSSR count). The van der Waals surface area contributed by atoms with Crippen LogP contribution in [0.5, 0.6) is 5.75 Å². The van der Waals surface area contributed by atoms with E-state index in [2.05, 4.69) is 10.4 Å². The van der Waals surface area contributed by atoms with E-state index in [-0.39, 0.29) is 24.1 Å². The molecule has 1 amide bonds. The van der Waals surface area contributed by atoms with Crippen molar-refractivity contribution in [3.8, 4) is 5.75 Å². The molecule has 0 saturated carbocycles. The number of hydrogen-bond acceptors (Lipinski definition) is 5. The number of methoxy groups -OCH3 is 1. The summed E-state index contributed by atoms with van der Waals surface area (Å²) >= 11 is 0. The second kappa shape index (κ2) is 8.67. The van der Waals surface area contributed by atoms with Crippen LogP contribution in [0.15, 0.2) is 59.5 Å². The number of rotatable bonds is 7. The van der Waals surface area contributed by atoms with E-state index in [9.17, 15) is 9.59 Å². The Kier molecular flexibility index (Phi) is 6.06. The molecule has 0 spiro atoms. The van der Waals surface area contributed by atoms with Gasteiger partial charge in [0.05, 0.1) is 24.7 Å². The van der Waals surface area contributed by atoms with Gasteiger partial charge >= 0.3 is 0 Å². The Morgan fingerprint density at radius 2 is 2.00 bits per heavy atom. The zero-order valence-electron chi connectivity index (χ0n) is 16.3. The number of likely N-dealkylation sites (N-methyl/N-ethyl adjacent to an activating group) is 1. The second-order valence-electron chi connectivity index (χ2n) is 6.75. The maximum Gasteiger partial charge on any atom is 0.275 e. The molecule has 0 aliphatic rings. The molecule has 1 N–H and O–H groups in total. The topological polar surface area (TPSA) is 76.5 Å². The minimum Gasteiger partial charge on any atom is -0.497 e. The van der Waals surface area contributed by atoms with Crippen molar-refractivity contribution in [3.05, 3.63) is 70.6 Å². The zero-order valence-corrected chi connectivity index (χ0v) is 16.3. The SMILES string of the molecule is COc1cccc(C(CNC(=O)Cn2ncc3ccccc3c2=O)N(C)C)c1. The first kappa shape index (κ1) is 19.6. The summed E-state index contributed by atoms with van der Waals surface area (Å²) < 4.78 is 6.47. The van der Waals surface area contributed by atoms with Gasteiger partial charge in [-0.25, -0.2) is 4.68 Å². The lowest BCUT2D eigenvalue weighted by Crippen LogP contribution is -2.38. The maximum atomic E-state index is 12.5. The van der Waals surface area contributed by atoms with Crippen LogP contribution in [0.4, 0.5) is 0 Å². The van der Waals surface area contributed by atoms with Crippen molar-refractivity contribution in [2.24, 2.45) is 0 Å². The van der Waals surface area contributed by atoms with Crippen LogP contribution in [0.2, 0.25) is 0 Å². The van der Waals surface area contributed by atoms with Gasteiger partial charge in [0, 0.05) is 11.9 Å². The van der Waals surface area contributed by atoms with E-state index in [1.807, 2.05) is 55.4 Å². The van der Waals surface area contributed by atoms with Crippen molar-refractivity contribution in [3.63, 3.8) is 0 Å². The average Bonchev–Trinajstić information content (AvgIpc) is 2.70. The molecule has 2 aromatic carbocycles. The Balaban J connectivity index is 1.70. The summed E-state index contributed by atoms with van der Waals surface area (Å²) in [5, 5.41) is 8.32. The van der Waals surface area contributed by atoms with Gasteiger partial charge in [-0.15, -0.1) is 0 Å². The number of fused-ring (bicyclic) bond motifs is 1. The number of ether oxygens (including phenoxy) is 1. The summed E-state index contributed by atoms with van der Waals surface area (Å²) in [7, 11) is 5.53. The number of nitrogens with one attached hydrogen (secondary N) is 1. The molecule has 1 aromatic heterocycles. The van der Waals surface area contributed by atoms with Crippen LogP contribution < -0.4 is 15.6 Å². The van der Waals surface area contributed by atoms with Crippen molar-refractivity contribution >= 4 is 16.7 Å². The van der Waals surface area contributed by atoms with E-state index in [1.54, 1.807) is 25.4 Å². The number of carbonyl (C=O) groups excluding carboxylic acids is 1. The third kappa shape index (κ3) is 4.37. The number of carbonyl (C=O) groups is 1. The highest BCUT2D eigenvalue weighted by Crippen LogP contribution is 2.22. The number of hydrogen-bond donors (Lipinski definition) is 1. The predicted octanol–water partition coefficient (Wildman–Crippen LogP) is 1.82.